The second-order valence-electron chi connectivity index (χ2n) is 5.42. The molecule has 4 nitrogen and oxygen atoms in total. The molecule has 0 spiro atoms. The van der Waals surface area contributed by atoms with Crippen LogP contribution in [0, 0.1) is 0 Å². The van der Waals surface area contributed by atoms with E-state index >= 15 is 0 Å². The summed E-state index contributed by atoms with van der Waals surface area (Å²) in [6.45, 7) is 1.41. The van der Waals surface area contributed by atoms with Crippen molar-refractivity contribution in [1.82, 2.24) is 0 Å². The van der Waals surface area contributed by atoms with Gasteiger partial charge in [0.15, 0.2) is 0 Å². The van der Waals surface area contributed by atoms with E-state index in [1.165, 1.54) is 5.56 Å². The van der Waals surface area contributed by atoms with Crippen LogP contribution in [0.15, 0.2) is 60.7 Å². The van der Waals surface area contributed by atoms with Gasteiger partial charge in [0.25, 0.3) is 0 Å². The van der Waals surface area contributed by atoms with Crippen LogP contribution >= 0.6 is 0 Å². The molecule has 2 aromatic rings. The summed E-state index contributed by atoms with van der Waals surface area (Å²) in [5.74, 6) is 0. The summed E-state index contributed by atoms with van der Waals surface area (Å²) in [5, 5.41) is 25.5. The van der Waals surface area contributed by atoms with Gasteiger partial charge in [0.1, 0.15) is 0 Å². The first-order chi connectivity index (χ1) is 11.8. The normalized spacial score (nSPS) is 15.7. The zero-order valence-corrected chi connectivity index (χ0v) is 14.1. The number of ether oxygens (including phenoxy) is 1. The summed E-state index contributed by atoms with van der Waals surface area (Å²) in [4.78, 5) is 0. The third-order valence-corrected chi connectivity index (χ3v) is 3.50. The lowest BCUT2D eigenvalue weighted by Crippen LogP contribution is -2.09. The minimum Gasteiger partial charge on any atom is -0.396 e. The Bertz CT molecular complexity index is 496. The molecule has 1 aliphatic rings. The molecule has 0 radical (unpaired) electrons. The topological polar surface area (TPSA) is 69.9 Å². The van der Waals surface area contributed by atoms with Gasteiger partial charge in [-0.1, -0.05) is 60.7 Å². The highest BCUT2D eigenvalue weighted by Crippen LogP contribution is 2.09. The fourth-order valence-electron chi connectivity index (χ4n) is 2.15. The first kappa shape index (κ1) is 20.3. The van der Waals surface area contributed by atoms with Crippen LogP contribution in [0.25, 0.3) is 0 Å². The highest BCUT2D eigenvalue weighted by atomic mass is 16.5. The van der Waals surface area contributed by atoms with E-state index < -0.39 is 0 Å². The zero-order chi connectivity index (χ0) is 17.5. The van der Waals surface area contributed by atoms with Crippen LogP contribution in [0.5, 0.6) is 0 Å². The zero-order valence-electron chi connectivity index (χ0n) is 14.1. The molecule has 1 aliphatic heterocycles. The number of rotatable bonds is 4. The number of aliphatic hydroxyl groups is 3. The van der Waals surface area contributed by atoms with Gasteiger partial charge in [-0.3, -0.25) is 0 Å². The maximum absolute atomic E-state index is 8.54. The van der Waals surface area contributed by atoms with Crippen molar-refractivity contribution in [1.29, 1.82) is 0 Å². The van der Waals surface area contributed by atoms with Crippen LogP contribution in [-0.2, 0) is 17.8 Å². The van der Waals surface area contributed by atoms with E-state index in [0.717, 1.165) is 31.4 Å². The van der Waals surface area contributed by atoms with Crippen molar-refractivity contribution < 1.29 is 20.1 Å². The summed E-state index contributed by atoms with van der Waals surface area (Å²) in [6.07, 6.45) is 3.07. The Morgan fingerprint density at radius 1 is 0.833 bits per heavy atom. The van der Waals surface area contributed by atoms with Crippen LogP contribution in [0.3, 0.4) is 0 Å². The molecule has 1 saturated heterocycles. The number of hydrogen-bond donors (Lipinski definition) is 3. The average Bonchev–Trinajstić information content (AvgIpc) is 3.18. The molecule has 2 aromatic carbocycles. The van der Waals surface area contributed by atoms with Crippen molar-refractivity contribution in [3.05, 3.63) is 71.8 Å². The van der Waals surface area contributed by atoms with E-state index in [0.29, 0.717) is 0 Å². The first-order valence-electron chi connectivity index (χ1n) is 8.32. The molecule has 0 bridgehead atoms. The highest BCUT2D eigenvalue weighted by molar-refractivity contribution is 5.14. The number of aliphatic hydroxyl groups excluding tert-OH is 3. The maximum Gasteiger partial charge on any atom is 0.0806 e. The minimum absolute atomic E-state index is 0.140. The van der Waals surface area contributed by atoms with E-state index in [-0.39, 0.29) is 25.9 Å². The summed E-state index contributed by atoms with van der Waals surface area (Å²) in [6, 6.07) is 19.5. The fourth-order valence-corrected chi connectivity index (χ4v) is 2.15. The molecule has 1 unspecified atom stereocenters. The van der Waals surface area contributed by atoms with Crippen molar-refractivity contribution in [2.75, 3.05) is 19.8 Å². The molecule has 0 saturated carbocycles. The molecule has 4 heteroatoms. The van der Waals surface area contributed by atoms with Crippen LogP contribution in [0.4, 0.5) is 0 Å². The molecule has 1 fully saturated rings. The van der Waals surface area contributed by atoms with Crippen molar-refractivity contribution in [2.45, 2.75) is 32.0 Å². The molecule has 0 aliphatic carbocycles. The lowest BCUT2D eigenvalue weighted by molar-refractivity contribution is 0.0591. The first-order valence-corrected chi connectivity index (χ1v) is 8.32. The Balaban J connectivity index is 0.000000181. The fraction of sp³-hybridized carbons (Fsp3) is 0.400. The molecule has 24 heavy (non-hydrogen) atoms. The van der Waals surface area contributed by atoms with Crippen LogP contribution < -0.4 is 0 Å². The molecule has 3 N–H and O–H groups in total. The summed E-state index contributed by atoms with van der Waals surface area (Å²) in [5.41, 5.74) is 2.16. The Morgan fingerprint density at radius 2 is 1.42 bits per heavy atom. The van der Waals surface area contributed by atoms with E-state index in [4.69, 9.17) is 20.1 Å². The van der Waals surface area contributed by atoms with E-state index in [2.05, 4.69) is 0 Å². The van der Waals surface area contributed by atoms with Gasteiger partial charge in [-0.25, -0.2) is 0 Å². The lowest BCUT2D eigenvalue weighted by atomic mass is 10.2. The molecule has 3 rings (SSSR count). The van der Waals surface area contributed by atoms with Crippen LogP contribution in [-0.4, -0.2) is 41.2 Å². The molecule has 132 valence electrons. The van der Waals surface area contributed by atoms with Crippen molar-refractivity contribution in [3.8, 4) is 0 Å². The quantitative estimate of drug-likeness (QED) is 0.805. The third kappa shape index (κ3) is 9.43. The van der Waals surface area contributed by atoms with Gasteiger partial charge >= 0.3 is 0 Å². The van der Waals surface area contributed by atoms with E-state index in [1.54, 1.807) is 0 Å². The second kappa shape index (κ2) is 13.7. The molecule has 1 atom stereocenters. The average molecular weight is 332 g/mol. The van der Waals surface area contributed by atoms with Gasteiger partial charge in [0.05, 0.1) is 19.3 Å². The summed E-state index contributed by atoms with van der Waals surface area (Å²) in [7, 11) is 0. The van der Waals surface area contributed by atoms with E-state index in [9.17, 15) is 0 Å². The SMILES string of the molecule is OCC1CCCO1.OCCc1ccccc1.OCc1ccccc1. The predicted octanol–water partition coefficient (Wildman–Crippen LogP) is 2.56. The van der Waals surface area contributed by atoms with Gasteiger partial charge < -0.3 is 20.1 Å². The Kier molecular flexibility index (Phi) is 11.6. The molecular weight excluding hydrogens is 304 g/mol. The Labute approximate surface area is 144 Å². The molecule has 0 aromatic heterocycles. The molecule has 0 amide bonds. The van der Waals surface area contributed by atoms with Gasteiger partial charge in [0.2, 0.25) is 0 Å². The minimum atomic E-state index is 0.140. The van der Waals surface area contributed by atoms with Crippen LogP contribution in [0.1, 0.15) is 24.0 Å². The predicted molar refractivity (Wildman–Crippen MR) is 95.7 cm³/mol. The van der Waals surface area contributed by atoms with Crippen molar-refractivity contribution in [2.24, 2.45) is 0 Å². The van der Waals surface area contributed by atoms with Crippen molar-refractivity contribution >= 4 is 0 Å². The Hall–Kier alpha value is -1.72. The van der Waals surface area contributed by atoms with Crippen molar-refractivity contribution in [3.63, 3.8) is 0 Å². The van der Waals surface area contributed by atoms with Gasteiger partial charge in [-0.15, -0.1) is 0 Å². The lowest BCUT2D eigenvalue weighted by Gasteiger charge is -2.00. The third-order valence-electron chi connectivity index (χ3n) is 3.50. The van der Waals surface area contributed by atoms with Gasteiger partial charge in [0, 0.05) is 13.2 Å². The van der Waals surface area contributed by atoms with Gasteiger partial charge in [-0.2, -0.15) is 0 Å². The van der Waals surface area contributed by atoms with E-state index in [1.807, 2.05) is 60.7 Å². The second-order valence-corrected chi connectivity index (χ2v) is 5.42. The standard InChI is InChI=1S/C8H10O.C7H8O.C5H10O2/c9-7-6-8-4-2-1-3-5-8;8-6-7-4-2-1-3-5-7;6-4-5-2-1-3-7-5/h1-5,9H,6-7H2;1-5,8H,6H2;5-6H,1-4H2. The largest absolute Gasteiger partial charge is 0.396 e. The van der Waals surface area contributed by atoms with Gasteiger partial charge in [-0.05, 0) is 30.4 Å². The summed E-state index contributed by atoms with van der Waals surface area (Å²) < 4.78 is 5.05. The summed E-state index contributed by atoms with van der Waals surface area (Å²) >= 11 is 0. The maximum atomic E-state index is 8.54. The molecular formula is C20H28O4. The highest BCUT2D eigenvalue weighted by Gasteiger charge is 2.12. The molecule has 1 heterocycles. The van der Waals surface area contributed by atoms with Crippen LogP contribution in [0.2, 0.25) is 0 Å². The number of benzene rings is 2. The Morgan fingerprint density at radius 3 is 1.75 bits per heavy atom. The monoisotopic (exact) mass is 332 g/mol. The number of hydrogen-bond acceptors (Lipinski definition) is 4. The smallest absolute Gasteiger partial charge is 0.0806 e.